The molecule has 2 aromatic rings. The second-order valence-corrected chi connectivity index (χ2v) is 6.61. The molecule has 1 aliphatic rings. The van der Waals surface area contributed by atoms with E-state index in [4.69, 9.17) is 17.0 Å². The highest BCUT2D eigenvalue weighted by atomic mass is 32.1. The zero-order chi connectivity index (χ0) is 17.5. The molecule has 0 amide bonds. The molecule has 0 aliphatic carbocycles. The topological polar surface area (TPSA) is 36.5 Å². The first-order valence-corrected chi connectivity index (χ1v) is 9.27. The molecule has 1 atom stereocenters. The van der Waals surface area contributed by atoms with E-state index >= 15 is 0 Å². The molecule has 132 valence electrons. The van der Waals surface area contributed by atoms with Gasteiger partial charge in [-0.3, -0.25) is 4.90 Å². The van der Waals surface area contributed by atoms with E-state index in [1.165, 1.54) is 19.4 Å². The van der Waals surface area contributed by atoms with Crippen LogP contribution in [0.2, 0.25) is 0 Å². The summed E-state index contributed by atoms with van der Waals surface area (Å²) >= 11 is 5.41. The highest BCUT2D eigenvalue weighted by Crippen LogP contribution is 2.22. The molecule has 0 saturated carbocycles. The molecule has 0 aromatic heterocycles. The number of nitrogens with one attached hydrogen (secondary N) is 2. The molecule has 4 nitrogen and oxygen atoms in total. The molecule has 2 aromatic carbocycles. The van der Waals surface area contributed by atoms with Crippen LogP contribution < -0.4 is 15.4 Å². The number of ether oxygens (including phenoxy) is 1. The summed E-state index contributed by atoms with van der Waals surface area (Å²) in [5, 5.41) is 7.24. The Labute approximate surface area is 155 Å². The van der Waals surface area contributed by atoms with E-state index in [9.17, 15) is 0 Å². The molecular formula is C20H25N3OS. The van der Waals surface area contributed by atoms with Gasteiger partial charge in [0, 0.05) is 18.3 Å². The molecule has 5 heteroatoms. The third kappa shape index (κ3) is 5.18. The molecule has 0 spiro atoms. The maximum absolute atomic E-state index is 5.80. The van der Waals surface area contributed by atoms with E-state index in [0.717, 1.165) is 30.3 Å². The standard InChI is InChI=1S/C20H25N3OS/c1-2-23-14-6-7-17(23)15-21-20(25)22-16-10-12-19(13-11-16)24-18-8-4-3-5-9-18/h3-5,8-13,17H,2,6-7,14-15H2,1H3,(H2,21,22,25)/t17-/m1/s1. The molecule has 1 heterocycles. The number of para-hydroxylation sites is 1. The van der Waals surface area contributed by atoms with Gasteiger partial charge in [-0.05, 0) is 74.5 Å². The Morgan fingerprint density at radius 1 is 1.12 bits per heavy atom. The van der Waals surface area contributed by atoms with Crippen LogP contribution in [0.25, 0.3) is 0 Å². The van der Waals surface area contributed by atoms with Crippen LogP contribution in [0, 0.1) is 0 Å². The first-order valence-electron chi connectivity index (χ1n) is 8.86. The first-order chi connectivity index (χ1) is 12.2. The average Bonchev–Trinajstić information content (AvgIpc) is 3.10. The highest BCUT2D eigenvalue weighted by molar-refractivity contribution is 7.80. The zero-order valence-electron chi connectivity index (χ0n) is 14.6. The maximum Gasteiger partial charge on any atom is 0.170 e. The summed E-state index contributed by atoms with van der Waals surface area (Å²) in [7, 11) is 0. The Hall–Kier alpha value is -2.11. The molecule has 1 aliphatic heterocycles. The van der Waals surface area contributed by atoms with Crippen LogP contribution in [0.3, 0.4) is 0 Å². The van der Waals surface area contributed by atoms with Crippen LogP contribution in [0.1, 0.15) is 19.8 Å². The predicted molar refractivity (Wildman–Crippen MR) is 107 cm³/mol. The van der Waals surface area contributed by atoms with Gasteiger partial charge in [0.05, 0.1) is 0 Å². The number of likely N-dealkylation sites (tertiary alicyclic amines) is 1. The van der Waals surface area contributed by atoms with Gasteiger partial charge in [-0.25, -0.2) is 0 Å². The average molecular weight is 356 g/mol. The lowest BCUT2D eigenvalue weighted by molar-refractivity contribution is 0.267. The second-order valence-electron chi connectivity index (χ2n) is 6.20. The molecular weight excluding hydrogens is 330 g/mol. The molecule has 1 fully saturated rings. The minimum absolute atomic E-state index is 0.589. The van der Waals surface area contributed by atoms with E-state index in [0.29, 0.717) is 11.2 Å². The van der Waals surface area contributed by atoms with Gasteiger partial charge in [0.1, 0.15) is 11.5 Å². The summed E-state index contributed by atoms with van der Waals surface area (Å²) < 4.78 is 5.80. The van der Waals surface area contributed by atoms with Crippen LogP contribution in [-0.2, 0) is 0 Å². The van der Waals surface area contributed by atoms with Gasteiger partial charge in [0.15, 0.2) is 5.11 Å². The summed E-state index contributed by atoms with van der Waals surface area (Å²) in [5.41, 5.74) is 0.955. The number of nitrogens with zero attached hydrogens (tertiary/aromatic N) is 1. The lowest BCUT2D eigenvalue weighted by Gasteiger charge is -2.23. The van der Waals surface area contributed by atoms with E-state index in [-0.39, 0.29) is 0 Å². The van der Waals surface area contributed by atoms with Gasteiger partial charge < -0.3 is 15.4 Å². The van der Waals surface area contributed by atoms with Crippen LogP contribution >= 0.6 is 12.2 Å². The number of anilines is 1. The first kappa shape index (κ1) is 17.7. The maximum atomic E-state index is 5.80. The Bertz CT molecular complexity index is 675. The Kier molecular flexibility index (Phi) is 6.25. The number of thiocarbonyl (C=S) groups is 1. The van der Waals surface area contributed by atoms with Crippen molar-refractivity contribution in [1.82, 2.24) is 10.2 Å². The molecule has 0 unspecified atom stereocenters. The van der Waals surface area contributed by atoms with Crippen LogP contribution in [0.4, 0.5) is 5.69 Å². The molecule has 0 bridgehead atoms. The minimum atomic E-state index is 0.589. The largest absolute Gasteiger partial charge is 0.457 e. The van der Waals surface area contributed by atoms with Gasteiger partial charge in [-0.15, -0.1) is 0 Å². The van der Waals surface area contributed by atoms with Crippen molar-refractivity contribution in [3.05, 3.63) is 54.6 Å². The van der Waals surface area contributed by atoms with Crippen molar-refractivity contribution in [2.24, 2.45) is 0 Å². The van der Waals surface area contributed by atoms with E-state index < -0.39 is 0 Å². The normalized spacial score (nSPS) is 17.2. The highest BCUT2D eigenvalue weighted by Gasteiger charge is 2.22. The number of hydrogen-bond donors (Lipinski definition) is 2. The zero-order valence-corrected chi connectivity index (χ0v) is 15.4. The molecule has 2 N–H and O–H groups in total. The number of rotatable bonds is 6. The molecule has 0 radical (unpaired) electrons. The summed E-state index contributed by atoms with van der Waals surface area (Å²) in [5.74, 6) is 1.64. The molecule has 1 saturated heterocycles. The fourth-order valence-corrected chi connectivity index (χ4v) is 3.36. The number of hydrogen-bond acceptors (Lipinski definition) is 3. The lowest BCUT2D eigenvalue weighted by atomic mass is 10.2. The van der Waals surface area contributed by atoms with Crippen LogP contribution in [-0.4, -0.2) is 35.7 Å². The molecule has 3 rings (SSSR count). The third-order valence-electron chi connectivity index (χ3n) is 4.49. The van der Waals surface area contributed by atoms with Gasteiger partial charge in [0.2, 0.25) is 0 Å². The fraction of sp³-hybridized carbons (Fsp3) is 0.350. The Morgan fingerprint density at radius 2 is 1.84 bits per heavy atom. The van der Waals surface area contributed by atoms with Gasteiger partial charge in [-0.1, -0.05) is 25.1 Å². The number of likely N-dealkylation sites (N-methyl/N-ethyl adjacent to an activating group) is 1. The summed E-state index contributed by atoms with van der Waals surface area (Å²) in [6, 6.07) is 18.2. The van der Waals surface area contributed by atoms with E-state index in [2.05, 4.69) is 22.5 Å². The third-order valence-corrected chi connectivity index (χ3v) is 4.74. The van der Waals surface area contributed by atoms with Gasteiger partial charge in [-0.2, -0.15) is 0 Å². The quantitative estimate of drug-likeness (QED) is 0.758. The van der Waals surface area contributed by atoms with E-state index in [1.807, 2.05) is 54.6 Å². The lowest BCUT2D eigenvalue weighted by Crippen LogP contribution is -2.41. The van der Waals surface area contributed by atoms with Gasteiger partial charge in [0.25, 0.3) is 0 Å². The van der Waals surface area contributed by atoms with Crippen molar-refractivity contribution >= 4 is 23.0 Å². The number of benzene rings is 2. The van der Waals surface area contributed by atoms with Crippen molar-refractivity contribution in [3.8, 4) is 11.5 Å². The van der Waals surface area contributed by atoms with Crippen molar-refractivity contribution < 1.29 is 4.74 Å². The molecule has 25 heavy (non-hydrogen) atoms. The smallest absolute Gasteiger partial charge is 0.170 e. The van der Waals surface area contributed by atoms with Crippen LogP contribution in [0.15, 0.2) is 54.6 Å². The van der Waals surface area contributed by atoms with Crippen molar-refractivity contribution in [1.29, 1.82) is 0 Å². The summed E-state index contributed by atoms with van der Waals surface area (Å²) in [6.07, 6.45) is 2.53. The Balaban J connectivity index is 1.47. The minimum Gasteiger partial charge on any atom is -0.457 e. The van der Waals surface area contributed by atoms with Crippen molar-refractivity contribution in [3.63, 3.8) is 0 Å². The predicted octanol–water partition coefficient (Wildman–Crippen LogP) is 4.25. The monoisotopic (exact) mass is 355 g/mol. The fourth-order valence-electron chi connectivity index (χ4n) is 3.16. The van der Waals surface area contributed by atoms with Crippen molar-refractivity contribution in [2.45, 2.75) is 25.8 Å². The van der Waals surface area contributed by atoms with Gasteiger partial charge >= 0.3 is 0 Å². The summed E-state index contributed by atoms with van der Waals surface area (Å²) in [4.78, 5) is 2.51. The SMILES string of the molecule is CCN1CCC[C@@H]1CNC(=S)Nc1ccc(Oc2ccccc2)cc1. The second kappa shape index (κ2) is 8.83. The van der Waals surface area contributed by atoms with Crippen molar-refractivity contribution in [2.75, 3.05) is 25.0 Å². The summed E-state index contributed by atoms with van der Waals surface area (Å²) in [6.45, 7) is 5.42. The van der Waals surface area contributed by atoms with Crippen LogP contribution in [0.5, 0.6) is 11.5 Å². The Morgan fingerprint density at radius 3 is 2.56 bits per heavy atom. The van der Waals surface area contributed by atoms with E-state index in [1.54, 1.807) is 0 Å².